The van der Waals surface area contributed by atoms with Crippen LogP contribution in [0, 0.1) is 12.7 Å². The Morgan fingerprint density at radius 1 is 1.47 bits per heavy atom. The molecule has 2 N–H and O–H groups in total. The zero-order chi connectivity index (χ0) is 10.8. The van der Waals surface area contributed by atoms with Gasteiger partial charge in [0.2, 0.25) is 0 Å². The summed E-state index contributed by atoms with van der Waals surface area (Å²) >= 11 is 0. The molecule has 1 saturated heterocycles. The molecule has 3 heteroatoms. The minimum Gasteiger partial charge on any atom is -0.505 e. The molecule has 1 atom stereocenters. The molecule has 0 amide bonds. The van der Waals surface area contributed by atoms with E-state index in [1.165, 1.54) is 12.1 Å². The Balaban J connectivity index is 2.30. The van der Waals surface area contributed by atoms with Crippen LogP contribution in [0.15, 0.2) is 12.1 Å². The zero-order valence-electron chi connectivity index (χ0n) is 8.89. The summed E-state index contributed by atoms with van der Waals surface area (Å²) in [6.07, 6.45) is 2.23. The Hall–Kier alpha value is -1.09. The van der Waals surface area contributed by atoms with E-state index in [1.54, 1.807) is 0 Å². The van der Waals surface area contributed by atoms with Gasteiger partial charge in [-0.2, -0.15) is 0 Å². The molecule has 1 fully saturated rings. The van der Waals surface area contributed by atoms with Crippen LogP contribution in [0.5, 0.6) is 5.75 Å². The minimum atomic E-state index is -0.513. The van der Waals surface area contributed by atoms with Gasteiger partial charge < -0.3 is 10.4 Å². The van der Waals surface area contributed by atoms with Crippen LogP contribution < -0.4 is 5.32 Å². The molecule has 1 aliphatic heterocycles. The second-order valence-electron chi connectivity index (χ2n) is 4.20. The van der Waals surface area contributed by atoms with Crippen molar-refractivity contribution >= 4 is 0 Å². The van der Waals surface area contributed by atoms with Gasteiger partial charge in [0.15, 0.2) is 11.6 Å². The number of hydrogen-bond acceptors (Lipinski definition) is 2. The number of aryl methyl sites for hydroxylation is 1. The molecule has 1 aliphatic rings. The number of aromatic hydroxyl groups is 1. The maximum atomic E-state index is 13.2. The highest BCUT2D eigenvalue weighted by Gasteiger charge is 2.18. The molecule has 1 unspecified atom stereocenters. The molecular weight excluding hydrogens is 193 g/mol. The molecule has 82 valence electrons. The first-order chi connectivity index (χ1) is 7.18. The van der Waals surface area contributed by atoms with Gasteiger partial charge in [-0.25, -0.2) is 4.39 Å². The number of benzene rings is 1. The van der Waals surface area contributed by atoms with Crippen LogP contribution in [-0.2, 0) is 0 Å². The van der Waals surface area contributed by atoms with Crippen LogP contribution in [0.25, 0.3) is 0 Å². The monoisotopic (exact) mass is 209 g/mol. The summed E-state index contributed by atoms with van der Waals surface area (Å²) in [6, 6.07) is 2.99. The number of halogens is 1. The molecule has 2 nitrogen and oxygen atoms in total. The minimum absolute atomic E-state index is 0.250. The topological polar surface area (TPSA) is 32.3 Å². The average Bonchev–Trinajstić information content (AvgIpc) is 2.25. The highest BCUT2D eigenvalue weighted by atomic mass is 19.1. The first-order valence-corrected chi connectivity index (χ1v) is 5.38. The molecule has 1 aromatic rings. The summed E-state index contributed by atoms with van der Waals surface area (Å²) in [5, 5.41) is 12.5. The van der Waals surface area contributed by atoms with Gasteiger partial charge in [-0.05, 0) is 55.5 Å². The number of phenolic OH excluding ortho intramolecular Hbond substituents is 1. The third-order valence-electron chi connectivity index (χ3n) is 3.07. The van der Waals surface area contributed by atoms with Crippen LogP contribution >= 0.6 is 0 Å². The number of rotatable bonds is 1. The predicted molar refractivity (Wildman–Crippen MR) is 57.6 cm³/mol. The van der Waals surface area contributed by atoms with Crippen molar-refractivity contribution in [3.63, 3.8) is 0 Å². The summed E-state index contributed by atoms with van der Waals surface area (Å²) < 4.78 is 13.2. The summed E-state index contributed by atoms with van der Waals surface area (Å²) in [7, 11) is 0. The third-order valence-corrected chi connectivity index (χ3v) is 3.07. The van der Waals surface area contributed by atoms with Crippen molar-refractivity contribution in [1.82, 2.24) is 5.32 Å². The van der Waals surface area contributed by atoms with Crippen molar-refractivity contribution in [2.75, 3.05) is 13.1 Å². The van der Waals surface area contributed by atoms with Crippen molar-refractivity contribution in [2.24, 2.45) is 0 Å². The number of phenols is 1. The second kappa shape index (κ2) is 4.19. The highest BCUT2D eigenvalue weighted by molar-refractivity contribution is 5.37. The van der Waals surface area contributed by atoms with Crippen molar-refractivity contribution in [1.29, 1.82) is 0 Å². The molecule has 0 aliphatic carbocycles. The van der Waals surface area contributed by atoms with Gasteiger partial charge >= 0.3 is 0 Å². The Morgan fingerprint density at radius 2 is 2.27 bits per heavy atom. The fourth-order valence-corrected chi connectivity index (χ4v) is 2.24. The Kier molecular flexibility index (Phi) is 2.91. The van der Waals surface area contributed by atoms with Crippen molar-refractivity contribution in [3.05, 3.63) is 29.1 Å². The van der Waals surface area contributed by atoms with Crippen molar-refractivity contribution in [3.8, 4) is 5.75 Å². The number of hydrogen-bond donors (Lipinski definition) is 2. The van der Waals surface area contributed by atoms with Crippen LogP contribution in [0.4, 0.5) is 4.39 Å². The van der Waals surface area contributed by atoms with E-state index in [9.17, 15) is 9.50 Å². The van der Waals surface area contributed by atoms with Gasteiger partial charge in [0.25, 0.3) is 0 Å². The lowest BCUT2D eigenvalue weighted by atomic mass is 9.88. The molecule has 2 rings (SSSR count). The van der Waals surface area contributed by atoms with Crippen LogP contribution in [-0.4, -0.2) is 18.2 Å². The van der Waals surface area contributed by atoms with E-state index >= 15 is 0 Å². The summed E-state index contributed by atoms with van der Waals surface area (Å²) in [6.45, 7) is 3.88. The van der Waals surface area contributed by atoms with Crippen molar-refractivity contribution in [2.45, 2.75) is 25.7 Å². The maximum Gasteiger partial charge on any atom is 0.165 e. The molecule has 1 aromatic carbocycles. The van der Waals surface area contributed by atoms with E-state index in [1.807, 2.05) is 6.92 Å². The van der Waals surface area contributed by atoms with Crippen LogP contribution in [0.1, 0.15) is 29.9 Å². The van der Waals surface area contributed by atoms with E-state index < -0.39 is 5.82 Å². The Labute approximate surface area is 89.1 Å². The van der Waals surface area contributed by atoms with Gasteiger partial charge in [-0.3, -0.25) is 0 Å². The van der Waals surface area contributed by atoms with Gasteiger partial charge in [-0.1, -0.05) is 0 Å². The van der Waals surface area contributed by atoms with Crippen LogP contribution in [0.2, 0.25) is 0 Å². The fraction of sp³-hybridized carbons (Fsp3) is 0.500. The van der Waals surface area contributed by atoms with E-state index in [2.05, 4.69) is 5.32 Å². The fourth-order valence-electron chi connectivity index (χ4n) is 2.24. The molecular formula is C12H16FNO. The lowest BCUT2D eigenvalue weighted by molar-refractivity contribution is 0.425. The van der Waals surface area contributed by atoms with Crippen molar-refractivity contribution < 1.29 is 9.50 Å². The van der Waals surface area contributed by atoms with Crippen LogP contribution in [0.3, 0.4) is 0 Å². The largest absolute Gasteiger partial charge is 0.505 e. The van der Waals surface area contributed by atoms with E-state index in [0.717, 1.165) is 37.1 Å². The first-order valence-electron chi connectivity index (χ1n) is 5.38. The molecule has 0 radical (unpaired) electrons. The average molecular weight is 209 g/mol. The van der Waals surface area contributed by atoms with Gasteiger partial charge in [0, 0.05) is 6.54 Å². The van der Waals surface area contributed by atoms with Gasteiger partial charge in [0.1, 0.15) is 0 Å². The second-order valence-corrected chi connectivity index (χ2v) is 4.20. The third kappa shape index (κ3) is 2.12. The standard InChI is InChI=1S/C12H16FNO/c1-8-5-12(15)11(13)6-10(8)9-3-2-4-14-7-9/h5-6,9,14-15H,2-4,7H2,1H3. The van der Waals surface area contributed by atoms with E-state index in [-0.39, 0.29) is 5.75 Å². The molecule has 0 bridgehead atoms. The van der Waals surface area contributed by atoms with Gasteiger partial charge in [-0.15, -0.1) is 0 Å². The molecule has 1 heterocycles. The lowest BCUT2D eigenvalue weighted by Crippen LogP contribution is -2.28. The molecule has 0 saturated carbocycles. The zero-order valence-corrected chi connectivity index (χ0v) is 8.89. The predicted octanol–water partition coefficient (Wildman–Crippen LogP) is 2.31. The normalized spacial score (nSPS) is 21.6. The highest BCUT2D eigenvalue weighted by Crippen LogP contribution is 2.29. The quantitative estimate of drug-likeness (QED) is 0.744. The molecule has 0 spiro atoms. The van der Waals surface area contributed by atoms with E-state index in [4.69, 9.17) is 0 Å². The first kappa shape index (κ1) is 10.4. The number of nitrogens with one attached hydrogen (secondary N) is 1. The lowest BCUT2D eigenvalue weighted by Gasteiger charge is -2.24. The molecule has 0 aromatic heterocycles. The Bertz CT molecular complexity index is 359. The smallest absolute Gasteiger partial charge is 0.165 e. The number of piperidine rings is 1. The maximum absolute atomic E-state index is 13.2. The summed E-state index contributed by atoms with van der Waals surface area (Å²) in [4.78, 5) is 0. The Morgan fingerprint density at radius 3 is 2.93 bits per heavy atom. The summed E-state index contributed by atoms with van der Waals surface area (Å²) in [5.74, 6) is -0.380. The van der Waals surface area contributed by atoms with E-state index in [0.29, 0.717) is 5.92 Å². The SMILES string of the molecule is Cc1cc(O)c(F)cc1C1CCCNC1. The van der Waals surface area contributed by atoms with Gasteiger partial charge in [0.05, 0.1) is 0 Å². The summed E-state index contributed by atoms with van der Waals surface area (Å²) in [5.41, 5.74) is 2.00. The molecule has 15 heavy (non-hydrogen) atoms.